The van der Waals surface area contributed by atoms with E-state index in [2.05, 4.69) is 41.2 Å². The molecular weight excluding hydrogens is 517 g/mol. The minimum absolute atomic E-state index is 0.148. The van der Waals surface area contributed by atoms with E-state index in [-0.39, 0.29) is 16.9 Å². The van der Waals surface area contributed by atoms with Gasteiger partial charge in [-0.25, -0.2) is 9.97 Å². The Hall–Kier alpha value is -2.64. The maximum atomic E-state index is 12.7. The maximum Gasteiger partial charge on any atom is 0.695 e. The second-order valence-electron chi connectivity index (χ2n) is 10.3. The number of nitrogens with zero attached hydrogens (tertiary/aromatic N) is 4. The Labute approximate surface area is 216 Å². The summed E-state index contributed by atoms with van der Waals surface area (Å²) < 4.78 is 31.1. The summed E-state index contributed by atoms with van der Waals surface area (Å²) in [6.07, 6.45) is -0.760. The fourth-order valence-electron chi connectivity index (χ4n) is 3.88. The van der Waals surface area contributed by atoms with Gasteiger partial charge >= 0.3 is 8.25 Å². The van der Waals surface area contributed by atoms with Gasteiger partial charge in [-0.05, 0) is 30.3 Å². The number of fused-ring (bicyclic) bond motifs is 1. The summed E-state index contributed by atoms with van der Waals surface area (Å²) in [6, 6.07) is 8.68. The molecule has 2 unspecified atom stereocenters. The molecule has 4 rings (SSSR count). The Bertz CT molecular complexity index is 1280. The van der Waals surface area contributed by atoms with Gasteiger partial charge in [-0.1, -0.05) is 39.0 Å². The number of carbonyl (C=O) groups excluding carboxylic acids is 1. The normalized spacial score (nSPS) is 22.8. The molecule has 1 aliphatic heterocycles. The average Bonchev–Trinajstić information content (AvgIpc) is 3.40. The molecule has 3 heterocycles. The Kier molecular flexibility index (Phi) is 7.86. The molecule has 0 spiro atoms. The molecule has 0 bridgehead atoms. The number of anilines is 1. The highest BCUT2D eigenvalue weighted by Gasteiger charge is 2.54. The van der Waals surface area contributed by atoms with Crippen molar-refractivity contribution in [2.75, 3.05) is 11.9 Å². The van der Waals surface area contributed by atoms with Crippen molar-refractivity contribution in [2.45, 2.75) is 63.3 Å². The molecule has 198 valence electrons. The number of aliphatic hydroxyl groups excluding tert-OH is 1. The second kappa shape index (κ2) is 10.6. The Morgan fingerprint density at radius 3 is 2.54 bits per heavy atom. The lowest BCUT2D eigenvalue weighted by Gasteiger charge is -2.39. The van der Waals surface area contributed by atoms with Gasteiger partial charge in [0, 0.05) is 15.7 Å². The van der Waals surface area contributed by atoms with E-state index in [0.29, 0.717) is 16.8 Å². The third-order valence-electron chi connectivity index (χ3n) is 6.84. The van der Waals surface area contributed by atoms with Gasteiger partial charge in [0.1, 0.15) is 24.6 Å². The zero-order valence-electron chi connectivity index (χ0n) is 21.2. The molecule has 2 aromatic heterocycles. The summed E-state index contributed by atoms with van der Waals surface area (Å²) in [5, 5.41) is 16.9. The van der Waals surface area contributed by atoms with Crippen LogP contribution in [0.3, 0.4) is 0 Å². The molecule has 0 aliphatic carbocycles. The number of aliphatic hydroxyl groups is 1. The lowest BCUT2D eigenvalue weighted by atomic mass is 10.0. The van der Waals surface area contributed by atoms with Crippen LogP contribution >= 0.6 is 8.25 Å². The van der Waals surface area contributed by atoms with Crippen molar-refractivity contribution in [3.63, 3.8) is 0 Å². The number of amides is 1. The minimum Gasteiger partial charge on any atom is -0.408 e. The van der Waals surface area contributed by atoms with Crippen LogP contribution in [0, 0.1) is 0 Å². The van der Waals surface area contributed by atoms with Crippen molar-refractivity contribution < 1.29 is 33.0 Å². The van der Waals surface area contributed by atoms with Crippen molar-refractivity contribution in [3.05, 3.63) is 54.0 Å². The van der Waals surface area contributed by atoms with Crippen molar-refractivity contribution in [3.8, 4) is 0 Å². The summed E-state index contributed by atoms with van der Waals surface area (Å²) in [7, 11) is -5.42. The highest BCUT2D eigenvalue weighted by atomic mass is 31.1. The monoisotopic (exact) mass is 548 g/mol. The SMILES string of the molecule is CC(C)(C)[Si](C)(C)O[C@H]1C(O[P+](=O)O)[C@@H](CO)O[C@H]1c1cnn2c(NC(=O)c3ccccc3)ncnc12. The number of rotatable bonds is 8. The number of nitrogens with one attached hydrogen (secondary N) is 1. The maximum absolute atomic E-state index is 12.7. The first-order chi connectivity index (χ1) is 17.4. The first-order valence-electron chi connectivity index (χ1n) is 11.7. The molecule has 1 aromatic carbocycles. The molecule has 14 heteroatoms. The van der Waals surface area contributed by atoms with Crippen molar-refractivity contribution in [1.29, 1.82) is 0 Å². The van der Waals surface area contributed by atoms with E-state index in [9.17, 15) is 19.4 Å². The number of hydrogen-bond acceptors (Lipinski definition) is 9. The molecule has 1 aliphatic rings. The molecule has 0 saturated carbocycles. The summed E-state index contributed by atoms with van der Waals surface area (Å²) in [4.78, 5) is 30.7. The molecule has 1 saturated heterocycles. The first kappa shape index (κ1) is 27.4. The molecule has 3 aromatic rings. The van der Waals surface area contributed by atoms with Crippen LogP contribution < -0.4 is 5.32 Å². The van der Waals surface area contributed by atoms with E-state index in [4.69, 9.17) is 13.7 Å². The molecule has 12 nitrogen and oxygen atoms in total. The van der Waals surface area contributed by atoms with Crippen molar-refractivity contribution >= 4 is 34.1 Å². The van der Waals surface area contributed by atoms with Crippen LogP contribution in [0.25, 0.3) is 5.65 Å². The first-order valence-corrected chi connectivity index (χ1v) is 15.8. The number of aromatic nitrogens is 4. The van der Waals surface area contributed by atoms with Gasteiger partial charge in [-0.3, -0.25) is 10.1 Å². The van der Waals surface area contributed by atoms with E-state index in [1.54, 1.807) is 24.3 Å². The predicted octanol–water partition coefficient (Wildman–Crippen LogP) is 3.23. The van der Waals surface area contributed by atoms with E-state index in [1.165, 1.54) is 17.0 Å². The Morgan fingerprint density at radius 2 is 1.92 bits per heavy atom. The molecular formula is C23H31N5O7PSi+. The van der Waals surface area contributed by atoms with Gasteiger partial charge < -0.3 is 14.3 Å². The Balaban J connectivity index is 1.72. The van der Waals surface area contributed by atoms with Crippen LogP contribution in [0.5, 0.6) is 0 Å². The van der Waals surface area contributed by atoms with Crippen LogP contribution in [0.15, 0.2) is 42.9 Å². The minimum atomic E-state index is -2.99. The summed E-state index contributed by atoms with van der Waals surface area (Å²) in [5.41, 5.74) is 1.30. The number of carbonyl (C=O) groups is 1. The zero-order valence-corrected chi connectivity index (χ0v) is 23.1. The fraction of sp³-hybridized carbons (Fsp3) is 0.478. The van der Waals surface area contributed by atoms with E-state index >= 15 is 0 Å². The van der Waals surface area contributed by atoms with Gasteiger partial charge in [-0.2, -0.15) is 9.61 Å². The van der Waals surface area contributed by atoms with Crippen LogP contribution in [-0.4, -0.2) is 68.7 Å². The van der Waals surface area contributed by atoms with E-state index < -0.39 is 47.6 Å². The van der Waals surface area contributed by atoms with Crippen LogP contribution in [0.1, 0.15) is 42.8 Å². The van der Waals surface area contributed by atoms with E-state index in [1.807, 2.05) is 19.2 Å². The molecule has 1 amide bonds. The third kappa shape index (κ3) is 5.63. The Morgan fingerprint density at radius 1 is 1.22 bits per heavy atom. The van der Waals surface area contributed by atoms with Gasteiger partial charge in [-0.15, -0.1) is 9.42 Å². The summed E-state index contributed by atoms with van der Waals surface area (Å²) in [5.74, 6) is -0.218. The molecule has 3 N–H and O–H groups in total. The van der Waals surface area contributed by atoms with E-state index in [0.717, 1.165) is 0 Å². The van der Waals surface area contributed by atoms with Gasteiger partial charge in [0.2, 0.25) is 5.95 Å². The average molecular weight is 549 g/mol. The summed E-state index contributed by atoms with van der Waals surface area (Å²) in [6.45, 7) is 9.85. The highest BCUT2D eigenvalue weighted by Crippen LogP contribution is 2.46. The fourth-order valence-corrected chi connectivity index (χ4v) is 5.64. The van der Waals surface area contributed by atoms with Crippen LogP contribution in [-0.2, 0) is 18.3 Å². The number of hydrogen-bond donors (Lipinski definition) is 3. The largest absolute Gasteiger partial charge is 0.695 e. The van der Waals surface area contributed by atoms with Crippen molar-refractivity contribution in [2.24, 2.45) is 0 Å². The highest BCUT2D eigenvalue weighted by molar-refractivity contribution is 7.32. The lowest BCUT2D eigenvalue weighted by molar-refractivity contribution is -0.0181. The molecule has 37 heavy (non-hydrogen) atoms. The number of ether oxygens (including phenoxy) is 1. The lowest BCUT2D eigenvalue weighted by Crippen LogP contribution is -2.48. The third-order valence-corrected chi connectivity index (χ3v) is 11.7. The quantitative estimate of drug-likeness (QED) is 0.282. The van der Waals surface area contributed by atoms with Crippen molar-refractivity contribution in [1.82, 2.24) is 19.6 Å². The topological polar surface area (TPSA) is 157 Å². The molecule has 1 fully saturated rings. The zero-order chi connectivity index (χ0) is 27.0. The van der Waals surface area contributed by atoms with Gasteiger partial charge in [0.15, 0.2) is 20.1 Å². The van der Waals surface area contributed by atoms with Crippen LogP contribution in [0.2, 0.25) is 18.1 Å². The molecule has 5 atom stereocenters. The van der Waals surface area contributed by atoms with Gasteiger partial charge in [0.25, 0.3) is 5.91 Å². The standard InChI is InChI=1S/C23H30N5O7PSi/c1-23(2,3)37(4,5)35-19-17(33-16(12-29)18(19)34-36(31)32)15-11-26-28-20(15)24-13-25-22(28)27-21(30)14-9-7-6-8-10-14/h6-11,13,16-19,29H,12H2,1-5H3,(H-,24,25,26,27,30,31,32)/p+1/t16-,17+,18?,19-/m1/s1. The number of benzene rings is 1. The molecule has 0 radical (unpaired) electrons. The van der Waals surface area contributed by atoms with Crippen LogP contribution in [0.4, 0.5) is 5.95 Å². The van der Waals surface area contributed by atoms with Gasteiger partial charge in [0.05, 0.1) is 12.8 Å². The smallest absolute Gasteiger partial charge is 0.408 e. The second-order valence-corrected chi connectivity index (χ2v) is 15.7. The predicted molar refractivity (Wildman–Crippen MR) is 137 cm³/mol. The summed E-state index contributed by atoms with van der Waals surface area (Å²) >= 11 is 0.